The molecule has 1 N–H and O–H groups in total. The van der Waals surface area contributed by atoms with Gasteiger partial charge in [-0.25, -0.2) is 8.78 Å². The first-order chi connectivity index (χ1) is 8.00. The van der Waals surface area contributed by atoms with Crippen LogP contribution in [-0.4, -0.2) is 66.1 Å². The van der Waals surface area contributed by atoms with Crippen LogP contribution in [0.5, 0.6) is 0 Å². The summed E-state index contributed by atoms with van der Waals surface area (Å²) < 4.78 is 24.1. The van der Waals surface area contributed by atoms with Crippen molar-refractivity contribution in [2.45, 2.75) is 6.43 Å². The maximum atomic E-state index is 12.1. The van der Waals surface area contributed by atoms with E-state index in [1.165, 1.54) is 22.2 Å². The highest BCUT2D eigenvalue weighted by molar-refractivity contribution is 5.93. The highest BCUT2D eigenvalue weighted by Crippen LogP contribution is 2.01. The van der Waals surface area contributed by atoms with Crippen LogP contribution in [0, 0.1) is 0 Å². The van der Waals surface area contributed by atoms with Gasteiger partial charge in [0.2, 0.25) is 0 Å². The average Bonchev–Trinajstić information content (AvgIpc) is 2.77. The van der Waals surface area contributed by atoms with Gasteiger partial charge in [0, 0.05) is 26.3 Å². The van der Waals surface area contributed by atoms with Crippen LogP contribution in [0.1, 0.15) is 10.4 Å². The molecule has 1 aromatic heterocycles. The van der Waals surface area contributed by atoms with Crippen molar-refractivity contribution in [3.05, 3.63) is 18.0 Å². The lowest BCUT2D eigenvalue weighted by Gasteiger charge is -2.21. The molecule has 1 heterocycles. The molecule has 0 saturated heterocycles. The van der Waals surface area contributed by atoms with Crippen molar-refractivity contribution in [3.8, 4) is 0 Å². The molecule has 17 heavy (non-hydrogen) atoms. The van der Waals surface area contributed by atoms with Gasteiger partial charge >= 0.3 is 0 Å². The number of likely N-dealkylation sites (N-methyl/N-ethyl adjacent to an activating group) is 2. The molecule has 0 unspecified atom stereocenters. The van der Waals surface area contributed by atoms with E-state index < -0.39 is 6.43 Å². The summed E-state index contributed by atoms with van der Waals surface area (Å²) in [7, 11) is 3.23. The molecule has 0 radical (unpaired) electrons. The zero-order valence-corrected chi connectivity index (χ0v) is 9.86. The van der Waals surface area contributed by atoms with E-state index in [0.29, 0.717) is 18.7 Å². The maximum absolute atomic E-state index is 12.1. The van der Waals surface area contributed by atoms with Crippen LogP contribution in [-0.2, 0) is 0 Å². The second kappa shape index (κ2) is 6.29. The number of hydrogen-bond acceptors (Lipinski definition) is 3. The molecule has 1 rings (SSSR count). The Morgan fingerprint density at radius 1 is 1.47 bits per heavy atom. The Bertz CT molecular complexity index is 342. The van der Waals surface area contributed by atoms with E-state index in [0.717, 1.165) is 0 Å². The van der Waals surface area contributed by atoms with Crippen LogP contribution in [0.4, 0.5) is 8.78 Å². The lowest BCUT2D eigenvalue weighted by molar-refractivity contribution is 0.0745. The molecular weight excluding hydrogens is 230 g/mol. The first-order valence-electron chi connectivity index (χ1n) is 5.21. The van der Waals surface area contributed by atoms with Crippen molar-refractivity contribution in [3.63, 3.8) is 0 Å². The molecule has 7 heteroatoms. The minimum absolute atomic E-state index is 0.177. The molecule has 96 valence electrons. The first kappa shape index (κ1) is 13.6. The normalized spacial score (nSPS) is 11.2. The SMILES string of the molecule is CN(CCN(C)C(=O)c1cn[nH]c1)CC(F)F. The van der Waals surface area contributed by atoms with Crippen molar-refractivity contribution in [1.82, 2.24) is 20.0 Å². The summed E-state index contributed by atoms with van der Waals surface area (Å²) in [4.78, 5) is 14.7. The van der Waals surface area contributed by atoms with Gasteiger partial charge in [0.25, 0.3) is 12.3 Å². The fourth-order valence-electron chi connectivity index (χ4n) is 1.34. The van der Waals surface area contributed by atoms with Gasteiger partial charge in [-0.1, -0.05) is 0 Å². The second-order valence-electron chi connectivity index (χ2n) is 3.87. The Balaban J connectivity index is 2.34. The van der Waals surface area contributed by atoms with Gasteiger partial charge in [0.15, 0.2) is 0 Å². The number of amides is 1. The number of rotatable bonds is 6. The Morgan fingerprint density at radius 2 is 2.18 bits per heavy atom. The smallest absolute Gasteiger partial charge is 0.256 e. The number of H-pyrrole nitrogens is 1. The Kier molecular flexibility index (Phi) is 5.02. The van der Waals surface area contributed by atoms with E-state index in [1.807, 2.05) is 0 Å². The monoisotopic (exact) mass is 246 g/mol. The van der Waals surface area contributed by atoms with E-state index in [9.17, 15) is 13.6 Å². The highest BCUT2D eigenvalue weighted by Gasteiger charge is 2.14. The molecule has 0 bridgehead atoms. The van der Waals surface area contributed by atoms with E-state index >= 15 is 0 Å². The zero-order valence-electron chi connectivity index (χ0n) is 9.86. The summed E-state index contributed by atoms with van der Waals surface area (Å²) in [6, 6.07) is 0. The first-order valence-corrected chi connectivity index (χ1v) is 5.21. The maximum Gasteiger partial charge on any atom is 0.256 e. The molecule has 0 aliphatic carbocycles. The summed E-state index contributed by atoms with van der Waals surface area (Å²) in [6.07, 6.45) is 0.582. The summed E-state index contributed by atoms with van der Waals surface area (Å²) in [5.41, 5.74) is 0.462. The van der Waals surface area contributed by atoms with Crippen molar-refractivity contribution < 1.29 is 13.6 Å². The van der Waals surface area contributed by atoms with Gasteiger partial charge in [-0.2, -0.15) is 5.10 Å². The third-order valence-electron chi connectivity index (χ3n) is 2.36. The number of halogens is 2. The Hall–Kier alpha value is -1.50. The van der Waals surface area contributed by atoms with Gasteiger partial charge in [-0.3, -0.25) is 14.8 Å². The van der Waals surface area contributed by atoms with Crippen LogP contribution in [0.2, 0.25) is 0 Å². The quantitative estimate of drug-likeness (QED) is 0.803. The van der Waals surface area contributed by atoms with Crippen molar-refractivity contribution in [2.75, 3.05) is 33.7 Å². The lowest BCUT2D eigenvalue weighted by Crippen LogP contribution is -2.36. The number of carbonyl (C=O) groups excluding carboxylic acids is 1. The second-order valence-corrected chi connectivity index (χ2v) is 3.87. The highest BCUT2D eigenvalue weighted by atomic mass is 19.3. The number of carbonyl (C=O) groups is 1. The topological polar surface area (TPSA) is 52.2 Å². The Morgan fingerprint density at radius 3 is 2.71 bits per heavy atom. The van der Waals surface area contributed by atoms with E-state index in [4.69, 9.17) is 0 Å². The van der Waals surface area contributed by atoms with Crippen LogP contribution in [0.15, 0.2) is 12.4 Å². The molecule has 0 aliphatic rings. The van der Waals surface area contributed by atoms with Gasteiger partial charge in [-0.05, 0) is 7.05 Å². The number of aromatic amines is 1. The van der Waals surface area contributed by atoms with E-state index in [2.05, 4.69) is 10.2 Å². The molecule has 1 amide bonds. The van der Waals surface area contributed by atoms with Crippen LogP contribution >= 0.6 is 0 Å². The predicted molar refractivity (Wildman–Crippen MR) is 59.0 cm³/mol. The zero-order chi connectivity index (χ0) is 12.8. The van der Waals surface area contributed by atoms with Gasteiger partial charge < -0.3 is 4.90 Å². The summed E-state index contributed by atoms with van der Waals surface area (Å²) in [5, 5.41) is 6.23. The minimum Gasteiger partial charge on any atom is -0.340 e. The van der Waals surface area contributed by atoms with Crippen molar-refractivity contribution in [2.24, 2.45) is 0 Å². The predicted octanol–water partition coefficient (Wildman–Crippen LogP) is 0.679. The fraction of sp³-hybridized carbons (Fsp3) is 0.600. The number of aromatic nitrogens is 2. The summed E-state index contributed by atoms with van der Waals surface area (Å²) in [5.74, 6) is -0.177. The third-order valence-corrected chi connectivity index (χ3v) is 2.36. The van der Waals surface area contributed by atoms with Crippen LogP contribution in [0.3, 0.4) is 0 Å². The standard InChI is InChI=1S/C10H16F2N4O/c1-15(7-9(11)12)3-4-16(2)10(17)8-5-13-14-6-8/h5-6,9H,3-4,7H2,1-2H3,(H,13,14). The largest absolute Gasteiger partial charge is 0.340 e. The van der Waals surface area contributed by atoms with Crippen molar-refractivity contribution in [1.29, 1.82) is 0 Å². The average molecular weight is 246 g/mol. The molecule has 0 aliphatic heterocycles. The molecule has 0 fully saturated rings. The number of nitrogens with one attached hydrogen (secondary N) is 1. The van der Waals surface area contributed by atoms with E-state index in [-0.39, 0.29) is 12.5 Å². The summed E-state index contributed by atoms with van der Waals surface area (Å²) in [6.45, 7) is 0.519. The van der Waals surface area contributed by atoms with Gasteiger partial charge in [-0.15, -0.1) is 0 Å². The number of nitrogens with zero attached hydrogens (tertiary/aromatic N) is 3. The van der Waals surface area contributed by atoms with Crippen LogP contribution < -0.4 is 0 Å². The summed E-state index contributed by atoms with van der Waals surface area (Å²) >= 11 is 0. The molecule has 0 spiro atoms. The fourth-order valence-corrected chi connectivity index (χ4v) is 1.34. The minimum atomic E-state index is -2.35. The molecular formula is C10H16F2N4O. The Labute approximate surface area is 98.4 Å². The molecule has 0 aromatic carbocycles. The van der Waals surface area contributed by atoms with Gasteiger partial charge in [0.05, 0.1) is 18.3 Å². The lowest BCUT2D eigenvalue weighted by atomic mass is 10.3. The molecule has 1 aromatic rings. The van der Waals surface area contributed by atoms with Crippen LogP contribution in [0.25, 0.3) is 0 Å². The van der Waals surface area contributed by atoms with E-state index in [1.54, 1.807) is 14.1 Å². The molecule has 0 atom stereocenters. The van der Waals surface area contributed by atoms with Crippen molar-refractivity contribution >= 4 is 5.91 Å². The van der Waals surface area contributed by atoms with Gasteiger partial charge in [0.1, 0.15) is 0 Å². The number of alkyl halides is 2. The third kappa shape index (κ3) is 4.48. The molecule has 0 saturated carbocycles. The molecule has 5 nitrogen and oxygen atoms in total. The number of hydrogen-bond donors (Lipinski definition) is 1.